The number of Topliss-reactive ketones (excluding diaryl/α,β-unsaturated/α-hetero) is 1. The van der Waals surface area contributed by atoms with Gasteiger partial charge in [-0.3, -0.25) is 9.59 Å². The predicted octanol–water partition coefficient (Wildman–Crippen LogP) is 1.32. The Balaban J connectivity index is 3.69. The Kier molecular flexibility index (Phi) is 7.02. The van der Waals surface area contributed by atoms with Crippen LogP contribution in [0.3, 0.4) is 0 Å². The van der Waals surface area contributed by atoms with Crippen LogP contribution in [0.2, 0.25) is 0 Å². The molecule has 1 atom stereocenters. The molecule has 0 saturated carbocycles. The first-order chi connectivity index (χ1) is 6.60. The highest BCUT2D eigenvalue weighted by molar-refractivity contribution is 5.95. The highest BCUT2D eigenvalue weighted by Crippen LogP contribution is 2.01. The summed E-state index contributed by atoms with van der Waals surface area (Å²) in [7, 11) is 0. The average Bonchev–Trinajstić information content (AvgIpc) is 2.03. The lowest BCUT2D eigenvalue weighted by Gasteiger charge is -2.09. The average molecular weight is 202 g/mol. The molecule has 4 heteroatoms. The first-order valence-corrected chi connectivity index (χ1v) is 4.89. The summed E-state index contributed by atoms with van der Waals surface area (Å²) in [4.78, 5) is 22.1. The quantitative estimate of drug-likeness (QED) is 0.461. The molecule has 0 N–H and O–H groups in total. The van der Waals surface area contributed by atoms with Crippen molar-refractivity contribution in [2.75, 3.05) is 13.2 Å². The number of hydrogen-bond acceptors (Lipinski definition) is 4. The lowest BCUT2D eigenvalue weighted by atomic mass is 10.1. The van der Waals surface area contributed by atoms with E-state index in [-0.39, 0.29) is 24.7 Å². The zero-order valence-corrected chi connectivity index (χ0v) is 9.04. The second-order valence-corrected chi connectivity index (χ2v) is 2.99. The van der Waals surface area contributed by atoms with E-state index in [1.807, 2.05) is 13.8 Å². The van der Waals surface area contributed by atoms with Crippen molar-refractivity contribution < 1.29 is 19.1 Å². The van der Waals surface area contributed by atoms with E-state index in [1.54, 1.807) is 6.92 Å². The molecule has 0 spiro atoms. The molecule has 0 fully saturated rings. The van der Waals surface area contributed by atoms with Crippen LogP contribution >= 0.6 is 0 Å². The fraction of sp³-hybridized carbons (Fsp3) is 0.800. The number of esters is 1. The Hall–Kier alpha value is -0.900. The smallest absolute Gasteiger partial charge is 0.313 e. The molecule has 0 bridgehead atoms. The molecule has 14 heavy (non-hydrogen) atoms. The van der Waals surface area contributed by atoms with Crippen LogP contribution in [0.15, 0.2) is 0 Å². The highest BCUT2D eigenvalue weighted by atomic mass is 16.5. The van der Waals surface area contributed by atoms with Crippen LogP contribution in [-0.4, -0.2) is 31.1 Å². The van der Waals surface area contributed by atoms with Gasteiger partial charge in [0.1, 0.15) is 12.2 Å². The van der Waals surface area contributed by atoms with Gasteiger partial charge in [0.15, 0.2) is 0 Å². The summed E-state index contributed by atoms with van der Waals surface area (Å²) in [6.07, 6.45) is -0.000291. The van der Waals surface area contributed by atoms with Crippen LogP contribution in [0, 0.1) is 0 Å². The van der Waals surface area contributed by atoms with Crippen molar-refractivity contribution in [3.63, 3.8) is 0 Å². The molecule has 0 heterocycles. The maximum Gasteiger partial charge on any atom is 0.313 e. The highest BCUT2D eigenvalue weighted by Gasteiger charge is 2.13. The van der Waals surface area contributed by atoms with E-state index in [0.717, 1.165) is 0 Å². The summed E-state index contributed by atoms with van der Waals surface area (Å²) in [5.41, 5.74) is 0. The third-order valence-corrected chi connectivity index (χ3v) is 1.61. The van der Waals surface area contributed by atoms with E-state index < -0.39 is 5.97 Å². The van der Waals surface area contributed by atoms with E-state index in [4.69, 9.17) is 4.74 Å². The van der Waals surface area contributed by atoms with Gasteiger partial charge in [-0.25, -0.2) is 0 Å². The zero-order valence-electron chi connectivity index (χ0n) is 9.04. The summed E-state index contributed by atoms with van der Waals surface area (Å²) in [5, 5.41) is 0. The van der Waals surface area contributed by atoms with E-state index in [2.05, 4.69) is 4.74 Å². The van der Waals surface area contributed by atoms with Crippen molar-refractivity contribution in [1.82, 2.24) is 0 Å². The lowest BCUT2D eigenvalue weighted by molar-refractivity contribution is -0.145. The predicted molar refractivity (Wildman–Crippen MR) is 52.0 cm³/mol. The molecular weight excluding hydrogens is 184 g/mol. The molecular formula is C10H18O4. The molecule has 0 amide bonds. The van der Waals surface area contributed by atoms with Crippen LogP contribution in [0.5, 0.6) is 0 Å². The number of rotatable bonds is 7. The SMILES string of the molecule is CCOC(=O)CC(=O)CC(C)OCC. The minimum Gasteiger partial charge on any atom is -0.466 e. The number of carbonyl (C=O) groups excluding carboxylic acids is 2. The number of carbonyl (C=O) groups is 2. The van der Waals surface area contributed by atoms with Crippen molar-refractivity contribution in [1.29, 1.82) is 0 Å². The van der Waals surface area contributed by atoms with E-state index in [9.17, 15) is 9.59 Å². The second kappa shape index (κ2) is 7.50. The number of ether oxygens (including phenoxy) is 2. The van der Waals surface area contributed by atoms with Crippen molar-refractivity contribution in [2.45, 2.75) is 39.7 Å². The summed E-state index contributed by atoms with van der Waals surface area (Å²) in [6, 6.07) is 0. The molecule has 0 aromatic carbocycles. The molecule has 0 aliphatic carbocycles. The number of hydrogen-bond donors (Lipinski definition) is 0. The fourth-order valence-corrected chi connectivity index (χ4v) is 1.11. The van der Waals surface area contributed by atoms with Gasteiger partial charge in [0.25, 0.3) is 0 Å². The fourth-order valence-electron chi connectivity index (χ4n) is 1.11. The van der Waals surface area contributed by atoms with Gasteiger partial charge in [0.05, 0.1) is 12.7 Å². The van der Waals surface area contributed by atoms with Gasteiger partial charge in [0, 0.05) is 13.0 Å². The van der Waals surface area contributed by atoms with Gasteiger partial charge in [0.2, 0.25) is 0 Å². The molecule has 4 nitrogen and oxygen atoms in total. The van der Waals surface area contributed by atoms with Crippen molar-refractivity contribution in [2.24, 2.45) is 0 Å². The molecule has 1 unspecified atom stereocenters. The largest absolute Gasteiger partial charge is 0.466 e. The first-order valence-electron chi connectivity index (χ1n) is 4.89. The van der Waals surface area contributed by atoms with Crippen molar-refractivity contribution in [3.05, 3.63) is 0 Å². The monoisotopic (exact) mass is 202 g/mol. The van der Waals surface area contributed by atoms with Gasteiger partial charge in [-0.2, -0.15) is 0 Å². The van der Waals surface area contributed by atoms with Crippen molar-refractivity contribution in [3.8, 4) is 0 Å². The lowest BCUT2D eigenvalue weighted by Crippen LogP contribution is -2.17. The third kappa shape index (κ3) is 6.60. The van der Waals surface area contributed by atoms with Crippen LogP contribution in [0.1, 0.15) is 33.6 Å². The molecule has 0 rings (SSSR count). The maximum atomic E-state index is 11.2. The zero-order chi connectivity index (χ0) is 11.0. The number of ketones is 1. The van der Waals surface area contributed by atoms with Gasteiger partial charge in [-0.15, -0.1) is 0 Å². The van der Waals surface area contributed by atoms with Gasteiger partial charge < -0.3 is 9.47 Å². The third-order valence-electron chi connectivity index (χ3n) is 1.61. The molecule has 0 aliphatic heterocycles. The molecule has 0 aliphatic rings. The second-order valence-electron chi connectivity index (χ2n) is 2.99. The Morgan fingerprint density at radius 2 is 1.86 bits per heavy atom. The summed E-state index contributed by atoms with van der Waals surface area (Å²) < 4.78 is 9.83. The summed E-state index contributed by atoms with van der Waals surface area (Å²) in [5.74, 6) is -0.592. The van der Waals surface area contributed by atoms with Crippen LogP contribution in [-0.2, 0) is 19.1 Å². The van der Waals surface area contributed by atoms with Gasteiger partial charge in [-0.1, -0.05) is 0 Å². The van der Waals surface area contributed by atoms with Gasteiger partial charge in [-0.05, 0) is 20.8 Å². The maximum absolute atomic E-state index is 11.2. The van der Waals surface area contributed by atoms with Crippen LogP contribution in [0.25, 0.3) is 0 Å². The minimum atomic E-state index is -0.457. The molecule has 82 valence electrons. The standard InChI is InChI=1S/C10H18O4/c1-4-13-8(3)6-9(11)7-10(12)14-5-2/h8H,4-7H2,1-3H3. The van der Waals surface area contributed by atoms with Gasteiger partial charge >= 0.3 is 5.97 Å². The topological polar surface area (TPSA) is 52.6 Å². The normalized spacial score (nSPS) is 12.2. The Labute approximate surface area is 84.6 Å². The summed E-state index contributed by atoms with van der Waals surface area (Å²) >= 11 is 0. The molecule has 0 radical (unpaired) electrons. The first kappa shape index (κ1) is 13.1. The van der Waals surface area contributed by atoms with Crippen molar-refractivity contribution >= 4 is 11.8 Å². The molecule has 0 aromatic rings. The molecule has 0 saturated heterocycles. The molecule has 0 aromatic heterocycles. The van der Waals surface area contributed by atoms with E-state index >= 15 is 0 Å². The Morgan fingerprint density at radius 1 is 1.21 bits per heavy atom. The Morgan fingerprint density at radius 3 is 2.36 bits per heavy atom. The summed E-state index contributed by atoms with van der Waals surface area (Å²) in [6.45, 7) is 6.28. The van der Waals surface area contributed by atoms with E-state index in [0.29, 0.717) is 13.2 Å². The van der Waals surface area contributed by atoms with Crippen LogP contribution in [0.4, 0.5) is 0 Å². The van der Waals surface area contributed by atoms with E-state index in [1.165, 1.54) is 0 Å². The Bertz CT molecular complexity index is 189. The van der Waals surface area contributed by atoms with Crippen LogP contribution < -0.4 is 0 Å². The minimum absolute atomic E-state index is 0.123.